The van der Waals surface area contributed by atoms with Gasteiger partial charge >= 0.3 is 5.97 Å². The lowest BCUT2D eigenvalue weighted by molar-refractivity contribution is -0.144. The molecule has 0 amide bonds. The van der Waals surface area contributed by atoms with Gasteiger partial charge < -0.3 is 9.64 Å². The smallest absolute Gasteiger partial charge is 0.310 e. The summed E-state index contributed by atoms with van der Waals surface area (Å²) >= 11 is 0. The highest BCUT2D eigenvalue weighted by molar-refractivity contribution is 7.91. The molecular weight excluding hydrogens is 290 g/mol. The molecule has 116 valence electrons. The molecular formula is C15H21NO4S. The Morgan fingerprint density at radius 2 is 2.00 bits per heavy atom. The maximum atomic E-state index is 12.0. The summed E-state index contributed by atoms with van der Waals surface area (Å²) in [4.78, 5) is 14.0. The normalized spacial score (nSPS) is 18.8. The van der Waals surface area contributed by atoms with Gasteiger partial charge in [0.2, 0.25) is 0 Å². The zero-order valence-corrected chi connectivity index (χ0v) is 13.2. The first-order valence-corrected chi connectivity index (χ1v) is 8.78. The first-order chi connectivity index (χ1) is 9.97. The average molecular weight is 311 g/mol. The van der Waals surface area contributed by atoms with E-state index in [9.17, 15) is 13.2 Å². The summed E-state index contributed by atoms with van der Waals surface area (Å²) in [6.07, 6.45) is 1.37. The van der Waals surface area contributed by atoms with Gasteiger partial charge in [-0.2, -0.15) is 0 Å². The summed E-state index contributed by atoms with van der Waals surface area (Å²) in [6.45, 7) is 3.25. The lowest BCUT2D eigenvalue weighted by atomic mass is 10.1. The highest BCUT2D eigenvalue weighted by Gasteiger charge is 2.29. The van der Waals surface area contributed by atoms with Crippen molar-refractivity contribution in [2.45, 2.75) is 24.7 Å². The van der Waals surface area contributed by atoms with E-state index in [-0.39, 0.29) is 17.6 Å². The van der Waals surface area contributed by atoms with Crippen LogP contribution in [0.25, 0.3) is 0 Å². The molecule has 0 radical (unpaired) electrons. The molecule has 1 unspecified atom stereocenters. The van der Waals surface area contributed by atoms with E-state index in [1.165, 1.54) is 7.11 Å². The van der Waals surface area contributed by atoms with Crippen molar-refractivity contribution >= 4 is 21.5 Å². The van der Waals surface area contributed by atoms with Gasteiger partial charge in [0.1, 0.15) is 0 Å². The van der Waals surface area contributed by atoms with Crippen molar-refractivity contribution in [3.8, 4) is 0 Å². The molecule has 0 N–H and O–H groups in total. The standard InChI is InChI=1S/C15H21NO4S/c1-3-10-21(18,19)14-6-4-13(5-7-14)16-9-8-12(11-16)15(17)20-2/h4-7,12H,3,8-11H2,1-2H3. The molecule has 0 aromatic heterocycles. The topological polar surface area (TPSA) is 63.7 Å². The molecule has 1 atom stereocenters. The lowest BCUT2D eigenvalue weighted by Gasteiger charge is -2.18. The van der Waals surface area contributed by atoms with Crippen LogP contribution >= 0.6 is 0 Å². The van der Waals surface area contributed by atoms with E-state index in [0.29, 0.717) is 17.9 Å². The Morgan fingerprint density at radius 3 is 2.57 bits per heavy atom. The predicted molar refractivity (Wildman–Crippen MR) is 81.1 cm³/mol. The third-order valence-corrected chi connectivity index (χ3v) is 5.69. The molecule has 1 aromatic rings. The number of sulfone groups is 1. The Hall–Kier alpha value is -1.56. The molecule has 1 fully saturated rings. The monoisotopic (exact) mass is 311 g/mol. The van der Waals surface area contributed by atoms with Gasteiger partial charge in [0, 0.05) is 18.8 Å². The largest absolute Gasteiger partial charge is 0.469 e. The van der Waals surface area contributed by atoms with Crippen LogP contribution in [0.4, 0.5) is 5.69 Å². The number of hydrogen-bond acceptors (Lipinski definition) is 5. The van der Waals surface area contributed by atoms with Crippen molar-refractivity contribution in [2.75, 3.05) is 30.9 Å². The molecule has 0 aliphatic carbocycles. The third-order valence-electron chi connectivity index (χ3n) is 3.76. The zero-order valence-electron chi connectivity index (χ0n) is 12.4. The molecule has 0 bridgehead atoms. The zero-order chi connectivity index (χ0) is 15.5. The highest BCUT2D eigenvalue weighted by atomic mass is 32.2. The fourth-order valence-electron chi connectivity index (χ4n) is 2.60. The lowest BCUT2D eigenvalue weighted by Crippen LogP contribution is -2.23. The maximum Gasteiger partial charge on any atom is 0.310 e. The van der Waals surface area contributed by atoms with Gasteiger partial charge in [-0.25, -0.2) is 8.42 Å². The molecule has 0 spiro atoms. The van der Waals surface area contributed by atoms with Crippen LogP contribution in [0, 0.1) is 5.92 Å². The van der Waals surface area contributed by atoms with Crippen molar-refractivity contribution in [2.24, 2.45) is 5.92 Å². The third kappa shape index (κ3) is 3.56. The summed E-state index contributed by atoms with van der Waals surface area (Å²) in [7, 11) is -1.77. The first kappa shape index (κ1) is 15.8. The van der Waals surface area contributed by atoms with Crippen LogP contribution in [0.3, 0.4) is 0 Å². The second-order valence-corrected chi connectivity index (χ2v) is 7.38. The summed E-state index contributed by atoms with van der Waals surface area (Å²) < 4.78 is 28.7. The average Bonchev–Trinajstić information content (AvgIpc) is 2.96. The van der Waals surface area contributed by atoms with Crippen molar-refractivity contribution in [1.29, 1.82) is 0 Å². The Morgan fingerprint density at radius 1 is 1.33 bits per heavy atom. The summed E-state index contributed by atoms with van der Waals surface area (Å²) in [5, 5.41) is 0. The SMILES string of the molecule is CCCS(=O)(=O)c1ccc(N2CCC(C(=O)OC)C2)cc1. The number of anilines is 1. The van der Waals surface area contributed by atoms with Crippen molar-refractivity contribution in [3.63, 3.8) is 0 Å². The van der Waals surface area contributed by atoms with Gasteiger partial charge in [-0.05, 0) is 37.1 Å². The second-order valence-electron chi connectivity index (χ2n) is 5.27. The number of ether oxygens (including phenoxy) is 1. The van der Waals surface area contributed by atoms with Gasteiger partial charge in [0.15, 0.2) is 9.84 Å². The van der Waals surface area contributed by atoms with Crippen LogP contribution in [0.1, 0.15) is 19.8 Å². The van der Waals surface area contributed by atoms with Gasteiger partial charge in [-0.15, -0.1) is 0 Å². The molecule has 1 aromatic carbocycles. The van der Waals surface area contributed by atoms with E-state index >= 15 is 0 Å². The maximum absolute atomic E-state index is 12.0. The van der Waals surface area contributed by atoms with Crippen LogP contribution < -0.4 is 4.90 Å². The fourth-order valence-corrected chi connectivity index (χ4v) is 3.93. The van der Waals surface area contributed by atoms with E-state index in [4.69, 9.17) is 4.74 Å². The number of carbonyl (C=O) groups is 1. The molecule has 21 heavy (non-hydrogen) atoms. The Kier molecular flexibility index (Phi) is 4.88. The van der Waals surface area contributed by atoms with Crippen molar-refractivity contribution in [1.82, 2.24) is 0 Å². The Bertz CT molecular complexity index is 595. The molecule has 1 aliphatic rings. The minimum Gasteiger partial charge on any atom is -0.469 e. The van der Waals surface area contributed by atoms with Crippen LogP contribution in [-0.2, 0) is 19.4 Å². The number of nitrogens with zero attached hydrogens (tertiary/aromatic N) is 1. The van der Waals surface area contributed by atoms with E-state index in [2.05, 4.69) is 4.90 Å². The second kappa shape index (κ2) is 6.47. The molecule has 1 saturated heterocycles. The van der Waals surface area contributed by atoms with Gasteiger partial charge in [-0.3, -0.25) is 4.79 Å². The van der Waals surface area contributed by atoms with E-state index in [1.54, 1.807) is 12.1 Å². The number of esters is 1. The summed E-state index contributed by atoms with van der Waals surface area (Å²) in [6, 6.07) is 6.90. The van der Waals surface area contributed by atoms with E-state index in [1.807, 2.05) is 19.1 Å². The Labute approximate surface area is 125 Å². The van der Waals surface area contributed by atoms with Crippen molar-refractivity contribution in [3.05, 3.63) is 24.3 Å². The summed E-state index contributed by atoms with van der Waals surface area (Å²) in [5.41, 5.74) is 0.942. The van der Waals surface area contributed by atoms with Crippen LogP contribution in [0.15, 0.2) is 29.2 Å². The quantitative estimate of drug-likeness (QED) is 0.777. The van der Waals surface area contributed by atoms with Gasteiger partial charge in [-0.1, -0.05) is 6.92 Å². The van der Waals surface area contributed by atoms with Crippen LogP contribution in [-0.4, -0.2) is 40.3 Å². The highest BCUT2D eigenvalue weighted by Crippen LogP contribution is 2.26. The van der Waals surface area contributed by atoms with E-state index < -0.39 is 9.84 Å². The van der Waals surface area contributed by atoms with E-state index in [0.717, 1.165) is 18.7 Å². The molecule has 2 rings (SSSR count). The fraction of sp³-hybridized carbons (Fsp3) is 0.533. The number of hydrogen-bond donors (Lipinski definition) is 0. The number of methoxy groups -OCH3 is 1. The molecule has 5 nitrogen and oxygen atoms in total. The van der Waals surface area contributed by atoms with Crippen LogP contribution in [0.2, 0.25) is 0 Å². The minimum absolute atomic E-state index is 0.0986. The van der Waals surface area contributed by atoms with Gasteiger partial charge in [0.25, 0.3) is 0 Å². The molecule has 0 saturated carbocycles. The summed E-state index contributed by atoms with van der Waals surface area (Å²) in [5.74, 6) is -0.112. The van der Waals surface area contributed by atoms with Gasteiger partial charge in [0.05, 0.1) is 23.7 Å². The number of carbonyl (C=O) groups excluding carboxylic acids is 1. The molecule has 1 heterocycles. The molecule has 6 heteroatoms. The minimum atomic E-state index is -3.17. The number of rotatable bonds is 5. The molecule has 1 aliphatic heterocycles. The van der Waals surface area contributed by atoms with Crippen LogP contribution in [0.5, 0.6) is 0 Å². The van der Waals surface area contributed by atoms with Crippen molar-refractivity contribution < 1.29 is 17.9 Å². The number of benzene rings is 1. The first-order valence-electron chi connectivity index (χ1n) is 7.13. The predicted octanol–water partition coefficient (Wildman–Crippen LogP) is 1.87. The Balaban J connectivity index is 2.09.